The van der Waals surface area contributed by atoms with E-state index >= 15 is 0 Å². The number of anilines is 1. The van der Waals surface area contributed by atoms with Gasteiger partial charge in [0.25, 0.3) is 0 Å². The molecule has 5 aromatic rings. The van der Waals surface area contributed by atoms with E-state index in [4.69, 9.17) is 4.98 Å². The Bertz CT molecular complexity index is 1190. The normalized spacial score (nSPS) is 11.2. The predicted molar refractivity (Wildman–Crippen MR) is 97.9 cm³/mol. The van der Waals surface area contributed by atoms with E-state index in [1.807, 2.05) is 36.5 Å². The molecule has 1 aromatic carbocycles. The van der Waals surface area contributed by atoms with E-state index in [1.165, 1.54) is 6.33 Å². The Morgan fingerprint density at radius 1 is 1.04 bits per heavy atom. The van der Waals surface area contributed by atoms with E-state index in [2.05, 4.69) is 40.9 Å². The van der Waals surface area contributed by atoms with Crippen LogP contribution in [-0.2, 0) is 6.54 Å². The Labute approximate surface area is 148 Å². The van der Waals surface area contributed by atoms with Gasteiger partial charge in [0.15, 0.2) is 11.5 Å². The molecule has 0 aliphatic heterocycles. The molecule has 4 aromatic heterocycles. The van der Waals surface area contributed by atoms with Gasteiger partial charge < -0.3 is 10.3 Å². The zero-order valence-electron chi connectivity index (χ0n) is 13.7. The molecule has 0 fully saturated rings. The first-order valence-electron chi connectivity index (χ1n) is 8.15. The molecule has 26 heavy (non-hydrogen) atoms. The van der Waals surface area contributed by atoms with Crippen LogP contribution in [0.15, 0.2) is 61.4 Å². The van der Waals surface area contributed by atoms with Crippen LogP contribution in [0.5, 0.6) is 0 Å². The number of fused-ring (bicyclic) bond motifs is 2. The van der Waals surface area contributed by atoms with E-state index in [-0.39, 0.29) is 0 Å². The standard InChI is InChI=1S/C18H14N8/c1-2-6-14-13(5-1)25-15(26(14)12-4-3-7-19-8-12)9-20-17-16-18(22-10-21-16)24-11-23-17/h1-8,10-11H,9H2,(H2,20,21,22,23,24). The third-order valence-electron chi connectivity index (χ3n) is 4.17. The van der Waals surface area contributed by atoms with Crippen molar-refractivity contribution in [2.75, 3.05) is 5.32 Å². The van der Waals surface area contributed by atoms with Gasteiger partial charge in [-0.05, 0) is 24.3 Å². The summed E-state index contributed by atoms with van der Waals surface area (Å²) in [7, 11) is 0. The Hall–Kier alpha value is -3.81. The van der Waals surface area contributed by atoms with Gasteiger partial charge in [-0.3, -0.25) is 9.55 Å². The van der Waals surface area contributed by atoms with Crippen LogP contribution in [0, 0.1) is 0 Å². The van der Waals surface area contributed by atoms with Crippen LogP contribution in [0.2, 0.25) is 0 Å². The number of pyridine rings is 1. The highest BCUT2D eigenvalue weighted by atomic mass is 15.1. The van der Waals surface area contributed by atoms with Crippen LogP contribution >= 0.6 is 0 Å². The van der Waals surface area contributed by atoms with Gasteiger partial charge in [0.1, 0.15) is 17.7 Å². The molecule has 126 valence electrons. The number of aromatic nitrogens is 7. The largest absolute Gasteiger partial charge is 0.361 e. The second kappa shape index (κ2) is 5.92. The second-order valence-corrected chi connectivity index (χ2v) is 5.74. The molecular formula is C18H14N8. The quantitative estimate of drug-likeness (QED) is 0.521. The molecule has 0 radical (unpaired) electrons. The number of hydrogen-bond donors (Lipinski definition) is 2. The average molecular weight is 342 g/mol. The van der Waals surface area contributed by atoms with Crippen molar-refractivity contribution in [1.82, 2.24) is 34.5 Å². The number of para-hydroxylation sites is 2. The van der Waals surface area contributed by atoms with E-state index in [9.17, 15) is 0 Å². The zero-order valence-corrected chi connectivity index (χ0v) is 13.7. The summed E-state index contributed by atoms with van der Waals surface area (Å²) in [5.41, 5.74) is 4.33. The van der Waals surface area contributed by atoms with Crippen LogP contribution in [-0.4, -0.2) is 34.5 Å². The van der Waals surface area contributed by atoms with Gasteiger partial charge in [-0.1, -0.05) is 12.1 Å². The Balaban J connectivity index is 1.58. The lowest BCUT2D eigenvalue weighted by molar-refractivity contribution is 0.906. The summed E-state index contributed by atoms with van der Waals surface area (Å²) in [5, 5.41) is 3.34. The zero-order chi connectivity index (χ0) is 17.3. The molecule has 8 nitrogen and oxygen atoms in total. The van der Waals surface area contributed by atoms with Crippen LogP contribution in [0.1, 0.15) is 5.82 Å². The number of H-pyrrole nitrogens is 1. The van der Waals surface area contributed by atoms with Gasteiger partial charge >= 0.3 is 0 Å². The van der Waals surface area contributed by atoms with Gasteiger partial charge in [0.2, 0.25) is 0 Å². The summed E-state index contributed by atoms with van der Waals surface area (Å²) in [6.07, 6.45) is 6.69. The number of rotatable bonds is 4. The highest BCUT2D eigenvalue weighted by molar-refractivity contribution is 5.82. The van der Waals surface area contributed by atoms with E-state index in [1.54, 1.807) is 12.5 Å². The first kappa shape index (κ1) is 14.5. The average Bonchev–Trinajstić information content (AvgIpc) is 3.31. The smallest absolute Gasteiger partial charge is 0.182 e. The second-order valence-electron chi connectivity index (χ2n) is 5.74. The molecule has 0 aliphatic carbocycles. The van der Waals surface area contributed by atoms with Crippen molar-refractivity contribution < 1.29 is 0 Å². The minimum Gasteiger partial charge on any atom is -0.361 e. The number of nitrogens with zero attached hydrogens (tertiary/aromatic N) is 6. The number of aromatic amines is 1. The van der Waals surface area contributed by atoms with Gasteiger partial charge in [-0.15, -0.1) is 0 Å². The molecule has 5 rings (SSSR count). The summed E-state index contributed by atoms with van der Waals surface area (Å²) in [5.74, 6) is 1.56. The molecule has 4 heterocycles. The van der Waals surface area contributed by atoms with Crippen molar-refractivity contribution in [3.05, 3.63) is 67.3 Å². The van der Waals surface area contributed by atoms with E-state index in [0.29, 0.717) is 18.0 Å². The van der Waals surface area contributed by atoms with Crippen molar-refractivity contribution in [2.45, 2.75) is 6.54 Å². The molecule has 0 unspecified atom stereocenters. The SMILES string of the molecule is c1cncc(-n2c(CNc3ncnc4nc[nH]c34)nc3ccccc32)c1. The van der Waals surface area contributed by atoms with Gasteiger partial charge in [-0.2, -0.15) is 0 Å². The molecule has 0 saturated carbocycles. The summed E-state index contributed by atoms with van der Waals surface area (Å²) >= 11 is 0. The lowest BCUT2D eigenvalue weighted by atomic mass is 10.3. The molecule has 0 amide bonds. The lowest BCUT2D eigenvalue weighted by Gasteiger charge is -2.10. The van der Waals surface area contributed by atoms with E-state index < -0.39 is 0 Å². The molecule has 0 aliphatic rings. The van der Waals surface area contributed by atoms with Crippen molar-refractivity contribution in [3.63, 3.8) is 0 Å². The topological polar surface area (TPSA) is 97.2 Å². The first-order chi connectivity index (χ1) is 12.9. The first-order valence-corrected chi connectivity index (χ1v) is 8.15. The van der Waals surface area contributed by atoms with Crippen LogP contribution < -0.4 is 5.32 Å². The molecular weight excluding hydrogens is 328 g/mol. The minimum absolute atomic E-state index is 0.495. The number of imidazole rings is 2. The van der Waals surface area contributed by atoms with Gasteiger partial charge in [0.05, 0.1) is 35.8 Å². The lowest BCUT2D eigenvalue weighted by Crippen LogP contribution is -2.09. The van der Waals surface area contributed by atoms with Crippen LogP contribution in [0.25, 0.3) is 27.9 Å². The molecule has 2 N–H and O–H groups in total. The molecule has 0 atom stereocenters. The Morgan fingerprint density at radius 3 is 2.92 bits per heavy atom. The maximum Gasteiger partial charge on any atom is 0.182 e. The van der Waals surface area contributed by atoms with Crippen LogP contribution in [0.3, 0.4) is 0 Å². The van der Waals surface area contributed by atoms with Gasteiger partial charge in [0, 0.05) is 6.20 Å². The van der Waals surface area contributed by atoms with Crippen molar-refractivity contribution in [1.29, 1.82) is 0 Å². The molecule has 0 bridgehead atoms. The summed E-state index contributed by atoms with van der Waals surface area (Å²) in [6.45, 7) is 0.495. The summed E-state index contributed by atoms with van der Waals surface area (Å²) in [6, 6.07) is 12.0. The third kappa shape index (κ3) is 2.35. The Kier molecular flexibility index (Phi) is 3.31. The maximum absolute atomic E-state index is 4.78. The highest BCUT2D eigenvalue weighted by Gasteiger charge is 2.13. The predicted octanol–water partition coefficient (Wildman–Crippen LogP) is 2.70. The number of benzene rings is 1. The fourth-order valence-corrected chi connectivity index (χ4v) is 3.03. The monoisotopic (exact) mass is 342 g/mol. The third-order valence-corrected chi connectivity index (χ3v) is 4.17. The minimum atomic E-state index is 0.495. The fraction of sp³-hybridized carbons (Fsp3) is 0.0556. The van der Waals surface area contributed by atoms with Crippen molar-refractivity contribution in [3.8, 4) is 5.69 Å². The Morgan fingerprint density at radius 2 is 2.00 bits per heavy atom. The highest BCUT2D eigenvalue weighted by Crippen LogP contribution is 2.22. The molecule has 0 spiro atoms. The van der Waals surface area contributed by atoms with Crippen LogP contribution in [0.4, 0.5) is 5.82 Å². The van der Waals surface area contributed by atoms with Crippen molar-refractivity contribution >= 4 is 28.0 Å². The summed E-state index contributed by atoms with van der Waals surface area (Å²) in [4.78, 5) is 24.7. The molecule has 0 saturated heterocycles. The maximum atomic E-state index is 4.78. The summed E-state index contributed by atoms with van der Waals surface area (Å²) < 4.78 is 2.10. The fourth-order valence-electron chi connectivity index (χ4n) is 3.03. The van der Waals surface area contributed by atoms with Crippen molar-refractivity contribution in [2.24, 2.45) is 0 Å². The number of hydrogen-bond acceptors (Lipinski definition) is 6. The molecule has 8 heteroatoms. The number of nitrogens with one attached hydrogen (secondary N) is 2. The van der Waals surface area contributed by atoms with Gasteiger partial charge in [-0.25, -0.2) is 19.9 Å². The van der Waals surface area contributed by atoms with E-state index in [0.717, 1.165) is 28.1 Å².